The predicted molar refractivity (Wildman–Crippen MR) is 45.0 cm³/mol. The Kier molecular flexibility index (Phi) is 2.30. The quantitative estimate of drug-likeness (QED) is 0.584. The summed E-state index contributed by atoms with van der Waals surface area (Å²) in [4.78, 5) is 0. The van der Waals surface area contributed by atoms with Crippen molar-refractivity contribution in [1.82, 2.24) is 0 Å². The Hall–Kier alpha value is -0.820. The van der Waals surface area contributed by atoms with Crippen molar-refractivity contribution in [1.29, 1.82) is 0 Å². The van der Waals surface area contributed by atoms with E-state index >= 15 is 0 Å². The van der Waals surface area contributed by atoms with Gasteiger partial charge in [0.15, 0.2) is 0 Å². The molecule has 0 unspecified atom stereocenters. The Morgan fingerprint density at radius 1 is 1.09 bits per heavy atom. The molecule has 0 spiro atoms. The lowest BCUT2D eigenvalue weighted by Gasteiger charge is -2.07. The van der Waals surface area contributed by atoms with Crippen LogP contribution in [0.4, 0.5) is 0 Å². The highest BCUT2D eigenvalue weighted by Crippen LogP contribution is 2.16. The second kappa shape index (κ2) is 3.05. The van der Waals surface area contributed by atoms with E-state index in [2.05, 4.69) is 13.8 Å². The molecule has 0 aliphatic rings. The van der Waals surface area contributed by atoms with Crippen molar-refractivity contribution in [2.45, 2.75) is 27.4 Å². The summed E-state index contributed by atoms with van der Waals surface area (Å²) in [6, 6.07) is 3.93. The zero-order valence-corrected chi connectivity index (χ0v) is 7.27. The van der Waals surface area contributed by atoms with Gasteiger partial charge in [0.2, 0.25) is 0 Å². The van der Waals surface area contributed by atoms with Crippen LogP contribution < -0.4 is 0 Å². The molecule has 1 aromatic rings. The van der Waals surface area contributed by atoms with Gasteiger partial charge in [0, 0.05) is 0 Å². The summed E-state index contributed by atoms with van der Waals surface area (Å²) in [7, 11) is 0. The Bertz CT molecular complexity index is 264. The molecule has 0 fully saturated rings. The van der Waals surface area contributed by atoms with Crippen LogP contribution in [0.1, 0.15) is 22.3 Å². The first kappa shape index (κ1) is 8.28. The fourth-order valence-corrected chi connectivity index (χ4v) is 1.17. The van der Waals surface area contributed by atoms with Crippen LogP contribution >= 0.6 is 0 Å². The highest BCUT2D eigenvalue weighted by atomic mass is 16.3. The molecule has 0 atom stereocenters. The minimum Gasteiger partial charge on any atom is -0.232 e. The summed E-state index contributed by atoms with van der Waals surface area (Å²) in [5.41, 5.74) is 4.59. The summed E-state index contributed by atoms with van der Waals surface area (Å²) >= 11 is 0. The molecule has 1 aromatic carbocycles. The van der Waals surface area contributed by atoms with Crippen molar-refractivity contribution in [3.63, 3.8) is 0 Å². The van der Waals surface area contributed by atoms with Crippen molar-refractivity contribution in [3.8, 4) is 0 Å². The van der Waals surface area contributed by atoms with Crippen LogP contribution in [0.5, 0.6) is 0 Å². The Morgan fingerprint density at radius 2 is 1.73 bits per heavy atom. The van der Waals surface area contributed by atoms with Gasteiger partial charge in [0.25, 0.3) is 0 Å². The van der Waals surface area contributed by atoms with Gasteiger partial charge in [-0.1, -0.05) is 12.1 Å². The minimum atomic E-state index is -0.104. The van der Waals surface area contributed by atoms with E-state index in [9.17, 15) is 5.11 Å². The monoisotopic (exact) mass is 149 g/mol. The Morgan fingerprint density at radius 3 is 2.27 bits per heavy atom. The molecule has 1 radical (unpaired) electrons. The van der Waals surface area contributed by atoms with Crippen molar-refractivity contribution in [3.05, 3.63) is 34.4 Å². The summed E-state index contributed by atoms with van der Waals surface area (Å²) in [5.74, 6) is 0. The molecule has 0 saturated carbocycles. The molecule has 0 aliphatic heterocycles. The van der Waals surface area contributed by atoms with Crippen molar-refractivity contribution in [2.75, 3.05) is 0 Å². The standard InChI is InChI=1S/C10H13O/c1-7-4-5-10(6-11)9(3)8(7)2/h4-5H,6H2,1-3H3. The summed E-state index contributed by atoms with van der Waals surface area (Å²) < 4.78 is 0. The summed E-state index contributed by atoms with van der Waals surface area (Å²) in [5, 5.41) is 10.6. The molecule has 1 nitrogen and oxygen atoms in total. The molecule has 11 heavy (non-hydrogen) atoms. The maximum Gasteiger partial charge on any atom is 0.108 e. The molecule has 0 bridgehead atoms. The highest BCUT2D eigenvalue weighted by Gasteiger charge is 2.01. The number of hydrogen-bond donors (Lipinski definition) is 0. The van der Waals surface area contributed by atoms with Gasteiger partial charge in [-0.2, -0.15) is 0 Å². The van der Waals surface area contributed by atoms with Crippen LogP contribution in [0.25, 0.3) is 0 Å². The zero-order valence-electron chi connectivity index (χ0n) is 7.27. The van der Waals surface area contributed by atoms with E-state index in [4.69, 9.17) is 0 Å². The predicted octanol–water partition coefficient (Wildman–Crippen LogP) is 2.54. The molecule has 0 aliphatic carbocycles. The van der Waals surface area contributed by atoms with E-state index < -0.39 is 0 Å². The third kappa shape index (κ3) is 1.43. The normalized spacial score (nSPS) is 10.2. The van der Waals surface area contributed by atoms with E-state index in [0.717, 1.165) is 11.1 Å². The molecule has 0 heterocycles. The largest absolute Gasteiger partial charge is 0.232 e. The molecule has 0 N–H and O–H groups in total. The molecule has 59 valence electrons. The van der Waals surface area contributed by atoms with Crippen LogP contribution in [-0.2, 0) is 11.7 Å². The van der Waals surface area contributed by atoms with Crippen LogP contribution in [0.3, 0.4) is 0 Å². The van der Waals surface area contributed by atoms with E-state index in [1.165, 1.54) is 11.1 Å². The van der Waals surface area contributed by atoms with E-state index in [0.29, 0.717) is 0 Å². The number of hydrogen-bond acceptors (Lipinski definition) is 0. The maximum absolute atomic E-state index is 10.6. The highest BCUT2D eigenvalue weighted by molar-refractivity contribution is 5.38. The Labute approximate surface area is 67.7 Å². The fourth-order valence-electron chi connectivity index (χ4n) is 1.17. The topological polar surface area (TPSA) is 19.9 Å². The maximum atomic E-state index is 10.6. The molecule has 0 aromatic heterocycles. The van der Waals surface area contributed by atoms with Gasteiger partial charge in [-0.25, -0.2) is 5.11 Å². The lowest BCUT2D eigenvalue weighted by Crippen LogP contribution is -1.92. The Balaban J connectivity index is 3.25. The third-order valence-corrected chi connectivity index (χ3v) is 2.33. The molecule has 0 saturated heterocycles. The van der Waals surface area contributed by atoms with Gasteiger partial charge in [-0.15, -0.1) is 0 Å². The number of benzene rings is 1. The van der Waals surface area contributed by atoms with Gasteiger partial charge < -0.3 is 0 Å². The van der Waals surface area contributed by atoms with Crippen molar-refractivity contribution >= 4 is 0 Å². The van der Waals surface area contributed by atoms with Crippen LogP contribution in [0.2, 0.25) is 0 Å². The van der Waals surface area contributed by atoms with Gasteiger partial charge in [-0.3, -0.25) is 0 Å². The van der Waals surface area contributed by atoms with Crippen LogP contribution in [0.15, 0.2) is 12.1 Å². The summed E-state index contributed by atoms with van der Waals surface area (Å²) in [6.07, 6.45) is 0. The first-order valence-electron chi connectivity index (χ1n) is 3.80. The van der Waals surface area contributed by atoms with Crippen LogP contribution in [0, 0.1) is 20.8 Å². The van der Waals surface area contributed by atoms with Crippen molar-refractivity contribution in [2.24, 2.45) is 0 Å². The number of rotatable bonds is 1. The number of aryl methyl sites for hydroxylation is 1. The lowest BCUT2D eigenvalue weighted by molar-refractivity contribution is 0.177. The lowest BCUT2D eigenvalue weighted by atomic mass is 9.99. The SMILES string of the molecule is Cc1ccc(C[O])c(C)c1C. The minimum absolute atomic E-state index is 0.104. The molecule has 0 amide bonds. The van der Waals surface area contributed by atoms with E-state index in [-0.39, 0.29) is 6.61 Å². The second-order valence-electron chi connectivity index (χ2n) is 2.94. The van der Waals surface area contributed by atoms with Gasteiger partial charge in [0.1, 0.15) is 6.61 Å². The second-order valence-corrected chi connectivity index (χ2v) is 2.94. The molecular formula is C10H13O. The third-order valence-electron chi connectivity index (χ3n) is 2.33. The summed E-state index contributed by atoms with van der Waals surface area (Å²) in [6.45, 7) is 6.03. The fraction of sp³-hybridized carbons (Fsp3) is 0.400. The first-order valence-corrected chi connectivity index (χ1v) is 3.80. The zero-order chi connectivity index (χ0) is 8.43. The molecular weight excluding hydrogens is 136 g/mol. The van der Waals surface area contributed by atoms with E-state index in [1.807, 2.05) is 19.1 Å². The average Bonchev–Trinajstić information content (AvgIpc) is 2.01. The van der Waals surface area contributed by atoms with Crippen LogP contribution in [-0.4, -0.2) is 0 Å². The van der Waals surface area contributed by atoms with Gasteiger partial charge in [-0.05, 0) is 43.0 Å². The first-order chi connectivity index (χ1) is 5.16. The molecule has 1 heteroatoms. The average molecular weight is 149 g/mol. The van der Waals surface area contributed by atoms with Crippen molar-refractivity contribution < 1.29 is 5.11 Å². The van der Waals surface area contributed by atoms with Gasteiger partial charge in [0.05, 0.1) is 0 Å². The molecule has 1 rings (SSSR count). The van der Waals surface area contributed by atoms with E-state index in [1.54, 1.807) is 0 Å². The van der Waals surface area contributed by atoms with Gasteiger partial charge >= 0.3 is 0 Å². The smallest absolute Gasteiger partial charge is 0.108 e.